The molecule has 0 unspecified atom stereocenters. The van der Waals surface area contributed by atoms with E-state index in [0.717, 1.165) is 5.56 Å². The second-order valence-corrected chi connectivity index (χ2v) is 5.81. The van der Waals surface area contributed by atoms with Crippen LogP contribution in [0.4, 0.5) is 4.39 Å². The molecule has 0 radical (unpaired) electrons. The minimum atomic E-state index is -0.404. The smallest absolute Gasteiger partial charge is 0.286 e. The van der Waals surface area contributed by atoms with Gasteiger partial charge in [-0.15, -0.1) is 0 Å². The van der Waals surface area contributed by atoms with Crippen LogP contribution in [0.3, 0.4) is 0 Å². The first-order valence-electron chi connectivity index (χ1n) is 8.14. The maximum absolute atomic E-state index is 12.9. The Hall–Kier alpha value is -3.41. The summed E-state index contributed by atoms with van der Waals surface area (Å²) in [5, 5.41) is 0. The van der Waals surface area contributed by atoms with Gasteiger partial charge in [-0.25, -0.2) is 4.39 Å². The number of halogens is 1. The molecule has 3 rings (SSSR count). The summed E-state index contributed by atoms with van der Waals surface area (Å²) in [5.74, 6) is -1.15. The van der Waals surface area contributed by atoms with Gasteiger partial charge in [0.1, 0.15) is 11.5 Å². The Morgan fingerprint density at radius 2 is 1.58 bits per heavy atom. The summed E-state index contributed by atoms with van der Waals surface area (Å²) in [5.41, 5.74) is 6.95. The first-order chi connectivity index (χ1) is 12.6. The standard InChI is InChI=1S/C20H18FN3O2/c21-17-10-8-15(9-11-17)13-19(25)22-23-20(26)18-7-4-12-24(18)14-16-5-2-1-3-6-16/h1-12H,13-14H2,(H,22,25)(H,23,26). The van der Waals surface area contributed by atoms with Crippen LogP contribution in [0.15, 0.2) is 72.9 Å². The van der Waals surface area contributed by atoms with Crippen LogP contribution in [-0.4, -0.2) is 16.4 Å². The average molecular weight is 351 g/mol. The first kappa shape index (κ1) is 17.4. The van der Waals surface area contributed by atoms with Crippen molar-refractivity contribution in [2.75, 3.05) is 0 Å². The lowest BCUT2D eigenvalue weighted by Crippen LogP contribution is -2.43. The second kappa shape index (κ2) is 8.11. The fourth-order valence-electron chi connectivity index (χ4n) is 2.56. The molecule has 0 aliphatic heterocycles. The third-order valence-electron chi connectivity index (χ3n) is 3.85. The van der Waals surface area contributed by atoms with E-state index in [4.69, 9.17) is 0 Å². The third-order valence-corrected chi connectivity index (χ3v) is 3.85. The van der Waals surface area contributed by atoms with Gasteiger partial charge in [-0.3, -0.25) is 20.4 Å². The van der Waals surface area contributed by atoms with E-state index >= 15 is 0 Å². The van der Waals surface area contributed by atoms with E-state index in [1.807, 2.05) is 36.5 Å². The molecule has 0 saturated heterocycles. The molecule has 1 heterocycles. The average Bonchev–Trinajstić information content (AvgIpc) is 3.11. The number of hydrogen-bond donors (Lipinski definition) is 2. The van der Waals surface area contributed by atoms with Crippen molar-refractivity contribution in [1.29, 1.82) is 0 Å². The molecule has 0 aliphatic rings. The van der Waals surface area contributed by atoms with Crippen molar-refractivity contribution in [1.82, 2.24) is 15.4 Å². The van der Waals surface area contributed by atoms with Crippen LogP contribution in [0.2, 0.25) is 0 Å². The summed E-state index contributed by atoms with van der Waals surface area (Å²) >= 11 is 0. The Morgan fingerprint density at radius 3 is 2.31 bits per heavy atom. The van der Waals surface area contributed by atoms with Gasteiger partial charge in [-0.1, -0.05) is 42.5 Å². The molecule has 2 N–H and O–H groups in total. The number of nitrogens with zero attached hydrogens (tertiary/aromatic N) is 1. The van der Waals surface area contributed by atoms with E-state index in [-0.39, 0.29) is 18.1 Å². The lowest BCUT2D eigenvalue weighted by molar-refractivity contribution is -0.121. The number of aromatic nitrogens is 1. The molecule has 0 aliphatic carbocycles. The minimum absolute atomic E-state index is 0.0472. The number of nitrogens with one attached hydrogen (secondary N) is 2. The topological polar surface area (TPSA) is 63.1 Å². The summed E-state index contributed by atoms with van der Waals surface area (Å²) < 4.78 is 14.7. The monoisotopic (exact) mass is 351 g/mol. The number of carbonyl (C=O) groups excluding carboxylic acids is 2. The molecule has 0 spiro atoms. The minimum Gasteiger partial charge on any atom is -0.339 e. The quantitative estimate of drug-likeness (QED) is 0.694. The molecule has 1 aromatic heterocycles. The van der Waals surface area contributed by atoms with Crippen molar-refractivity contribution in [2.45, 2.75) is 13.0 Å². The number of benzene rings is 2. The lowest BCUT2D eigenvalue weighted by atomic mass is 10.1. The molecule has 0 bridgehead atoms. The van der Waals surface area contributed by atoms with E-state index in [1.165, 1.54) is 24.3 Å². The van der Waals surface area contributed by atoms with E-state index in [9.17, 15) is 14.0 Å². The molecule has 0 fully saturated rings. The molecule has 0 atom stereocenters. The summed E-state index contributed by atoms with van der Waals surface area (Å²) in [6.45, 7) is 0.556. The van der Waals surface area contributed by atoms with Gasteiger partial charge in [-0.05, 0) is 35.4 Å². The molecule has 3 aromatic rings. The Labute approximate surface area is 150 Å². The molecule has 26 heavy (non-hydrogen) atoms. The fourth-order valence-corrected chi connectivity index (χ4v) is 2.56. The van der Waals surface area contributed by atoms with Crippen molar-refractivity contribution >= 4 is 11.8 Å². The van der Waals surface area contributed by atoms with Gasteiger partial charge >= 0.3 is 0 Å². The highest BCUT2D eigenvalue weighted by atomic mass is 19.1. The molecule has 132 valence electrons. The summed E-state index contributed by atoms with van der Waals surface area (Å²) in [7, 11) is 0. The zero-order valence-electron chi connectivity index (χ0n) is 14.0. The maximum atomic E-state index is 12.9. The van der Waals surface area contributed by atoms with Crippen LogP contribution in [-0.2, 0) is 17.8 Å². The van der Waals surface area contributed by atoms with E-state index in [0.29, 0.717) is 17.8 Å². The zero-order valence-corrected chi connectivity index (χ0v) is 14.0. The van der Waals surface area contributed by atoms with Gasteiger partial charge in [0.25, 0.3) is 5.91 Å². The van der Waals surface area contributed by atoms with E-state index < -0.39 is 5.91 Å². The van der Waals surface area contributed by atoms with Crippen molar-refractivity contribution in [3.63, 3.8) is 0 Å². The van der Waals surface area contributed by atoms with Crippen molar-refractivity contribution in [3.05, 3.63) is 95.6 Å². The predicted molar refractivity (Wildman–Crippen MR) is 95.7 cm³/mol. The summed E-state index contributed by atoms with van der Waals surface area (Å²) in [4.78, 5) is 24.2. The molecule has 5 nitrogen and oxygen atoms in total. The second-order valence-electron chi connectivity index (χ2n) is 5.81. The molecular formula is C20H18FN3O2. The number of hydrogen-bond acceptors (Lipinski definition) is 2. The van der Waals surface area contributed by atoms with Gasteiger partial charge < -0.3 is 4.57 Å². The number of carbonyl (C=O) groups is 2. The van der Waals surface area contributed by atoms with Gasteiger partial charge in [0.05, 0.1) is 6.42 Å². The van der Waals surface area contributed by atoms with Crippen LogP contribution < -0.4 is 10.9 Å². The van der Waals surface area contributed by atoms with Crippen molar-refractivity contribution in [3.8, 4) is 0 Å². The van der Waals surface area contributed by atoms with Gasteiger partial charge in [0.2, 0.25) is 5.91 Å². The number of amides is 2. The van der Waals surface area contributed by atoms with Crippen LogP contribution >= 0.6 is 0 Å². The Balaban J connectivity index is 1.56. The fraction of sp³-hybridized carbons (Fsp3) is 0.100. The van der Waals surface area contributed by atoms with Crippen LogP contribution in [0, 0.1) is 5.82 Å². The Kier molecular flexibility index (Phi) is 5.43. The lowest BCUT2D eigenvalue weighted by Gasteiger charge is -2.11. The first-order valence-corrected chi connectivity index (χ1v) is 8.14. The molecular weight excluding hydrogens is 333 g/mol. The van der Waals surface area contributed by atoms with Gasteiger partial charge in [0, 0.05) is 12.7 Å². The van der Waals surface area contributed by atoms with Crippen LogP contribution in [0.25, 0.3) is 0 Å². The van der Waals surface area contributed by atoms with E-state index in [1.54, 1.807) is 16.7 Å². The molecule has 6 heteroatoms. The number of rotatable bonds is 5. The van der Waals surface area contributed by atoms with Crippen LogP contribution in [0.5, 0.6) is 0 Å². The highest BCUT2D eigenvalue weighted by Gasteiger charge is 2.12. The maximum Gasteiger partial charge on any atom is 0.286 e. The van der Waals surface area contributed by atoms with Crippen molar-refractivity contribution in [2.24, 2.45) is 0 Å². The molecule has 2 aromatic carbocycles. The largest absolute Gasteiger partial charge is 0.339 e. The Bertz CT molecular complexity index is 889. The highest BCUT2D eigenvalue weighted by molar-refractivity contribution is 5.94. The van der Waals surface area contributed by atoms with Crippen LogP contribution in [0.1, 0.15) is 21.6 Å². The Morgan fingerprint density at radius 1 is 0.846 bits per heavy atom. The predicted octanol–water partition coefficient (Wildman–Crippen LogP) is 2.68. The highest BCUT2D eigenvalue weighted by Crippen LogP contribution is 2.08. The van der Waals surface area contributed by atoms with Gasteiger partial charge in [-0.2, -0.15) is 0 Å². The summed E-state index contributed by atoms with van der Waals surface area (Å²) in [6, 6.07) is 18.9. The van der Waals surface area contributed by atoms with Gasteiger partial charge in [0.15, 0.2) is 0 Å². The summed E-state index contributed by atoms with van der Waals surface area (Å²) in [6.07, 6.45) is 1.85. The number of hydrazine groups is 1. The zero-order chi connectivity index (χ0) is 18.4. The van der Waals surface area contributed by atoms with E-state index in [2.05, 4.69) is 10.9 Å². The third kappa shape index (κ3) is 4.57. The molecule has 2 amide bonds. The molecule has 0 saturated carbocycles. The normalized spacial score (nSPS) is 10.3. The van der Waals surface area contributed by atoms with Crippen molar-refractivity contribution < 1.29 is 14.0 Å². The SMILES string of the molecule is O=C(Cc1ccc(F)cc1)NNC(=O)c1cccn1Cc1ccccc1.